The Hall–Kier alpha value is -0.460. The molecule has 0 aliphatic rings. The molecule has 6 heteroatoms. The fourth-order valence-electron chi connectivity index (χ4n) is 1.05. The summed E-state index contributed by atoms with van der Waals surface area (Å²) in [5, 5.41) is 5.28. The minimum absolute atomic E-state index is 0.766. The minimum Gasteiger partial charge on any atom is -0.365 e. The van der Waals surface area contributed by atoms with Crippen LogP contribution in [-0.2, 0) is 6.54 Å². The number of hydrogen-bond acceptors (Lipinski definition) is 4. The maximum absolute atomic E-state index is 4.11. The SMILES string of the molecule is Brc1cc(NCc2sccc2Br)ncn1. The summed E-state index contributed by atoms with van der Waals surface area (Å²) in [7, 11) is 0. The molecule has 0 radical (unpaired) electrons. The van der Waals surface area contributed by atoms with Crippen LogP contribution in [0.3, 0.4) is 0 Å². The number of aromatic nitrogens is 2. The van der Waals surface area contributed by atoms with E-state index in [1.165, 1.54) is 11.2 Å². The summed E-state index contributed by atoms with van der Waals surface area (Å²) >= 11 is 8.49. The Kier molecular flexibility index (Phi) is 3.71. The second kappa shape index (κ2) is 5.05. The molecule has 0 aliphatic carbocycles. The topological polar surface area (TPSA) is 37.8 Å². The average molecular weight is 349 g/mol. The van der Waals surface area contributed by atoms with E-state index in [1.807, 2.05) is 12.1 Å². The summed E-state index contributed by atoms with van der Waals surface area (Å²) in [6.07, 6.45) is 1.52. The highest BCUT2D eigenvalue weighted by Crippen LogP contribution is 2.23. The van der Waals surface area contributed by atoms with E-state index in [0.29, 0.717) is 0 Å². The highest BCUT2D eigenvalue weighted by molar-refractivity contribution is 9.10. The van der Waals surface area contributed by atoms with Gasteiger partial charge in [0.15, 0.2) is 0 Å². The van der Waals surface area contributed by atoms with Crippen LogP contribution in [0, 0.1) is 0 Å². The van der Waals surface area contributed by atoms with Gasteiger partial charge in [0.05, 0.1) is 6.54 Å². The van der Waals surface area contributed by atoms with Crippen molar-refractivity contribution in [1.29, 1.82) is 0 Å². The summed E-state index contributed by atoms with van der Waals surface area (Å²) in [6.45, 7) is 0.766. The predicted octanol–water partition coefficient (Wildman–Crippen LogP) is 3.68. The van der Waals surface area contributed by atoms with Crippen molar-refractivity contribution in [1.82, 2.24) is 9.97 Å². The summed E-state index contributed by atoms with van der Waals surface area (Å²) in [4.78, 5) is 9.32. The zero-order chi connectivity index (χ0) is 10.7. The largest absolute Gasteiger partial charge is 0.365 e. The van der Waals surface area contributed by atoms with Crippen LogP contribution in [0.1, 0.15) is 4.88 Å². The van der Waals surface area contributed by atoms with Crippen molar-refractivity contribution >= 4 is 49.0 Å². The van der Waals surface area contributed by atoms with Crippen molar-refractivity contribution in [3.05, 3.63) is 37.8 Å². The second-order valence-corrected chi connectivity index (χ2v) is 5.44. The zero-order valence-corrected chi connectivity index (χ0v) is 11.6. The van der Waals surface area contributed by atoms with E-state index in [2.05, 4.69) is 52.5 Å². The second-order valence-electron chi connectivity index (χ2n) is 2.77. The minimum atomic E-state index is 0.766. The van der Waals surface area contributed by atoms with E-state index >= 15 is 0 Å². The van der Waals surface area contributed by atoms with Crippen LogP contribution >= 0.6 is 43.2 Å². The van der Waals surface area contributed by atoms with Crippen LogP contribution in [0.2, 0.25) is 0 Å². The Morgan fingerprint density at radius 1 is 1.33 bits per heavy atom. The lowest BCUT2D eigenvalue weighted by atomic mass is 10.4. The molecule has 0 saturated carbocycles. The highest BCUT2D eigenvalue weighted by atomic mass is 79.9. The molecule has 0 unspecified atom stereocenters. The molecule has 78 valence electrons. The Morgan fingerprint density at radius 3 is 2.87 bits per heavy atom. The molecule has 0 spiro atoms. The predicted molar refractivity (Wildman–Crippen MR) is 69.1 cm³/mol. The first-order chi connectivity index (χ1) is 7.25. The molecule has 2 aromatic heterocycles. The molecule has 0 saturated heterocycles. The molecule has 2 aromatic rings. The number of halogens is 2. The van der Waals surface area contributed by atoms with E-state index in [-0.39, 0.29) is 0 Å². The average Bonchev–Trinajstić information content (AvgIpc) is 2.61. The fourth-order valence-corrected chi connectivity index (χ4v) is 2.79. The number of hydrogen-bond donors (Lipinski definition) is 1. The molecular formula is C9H7Br2N3S. The van der Waals surface area contributed by atoms with E-state index in [9.17, 15) is 0 Å². The molecule has 0 amide bonds. The number of anilines is 1. The zero-order valence-electron chi connectivity index (χ0n) is 7.58. The highest BCUT2D eigenvalue weighted by Gasteiger charge is 2.01. The number of rotatable bonds is 3. The van der Waals surface area contributed by atoms with Gasteiger partial charge in [0, 0.05) is 15.4 Å². The molecule has 3 nitrogen and oxygen atoms in total. The lowest BCUT2D eigenvalue weighted by Crippen LogP contribution is -2.00. The normalized spacial score (nSPS) is 10.3. The van der Waals surface area contributed by atoms with Gasteiger partial charge in [0.25, 0.3) is 0 Å². The van der Waals surface area contributed by atoms with Crippen LogP contribution in [0.4, 0.5) is 5.82 Å². The van der Waals surface area contributed by atoms with Crippen LogP contribution in [0.15, 0.2) is 32.9 Å². The van der Waals surface area contributed by atoms with Crippen molar-refractivity contribution < 1.29 is 0 Å². The third-order valence-corrected chi connectivity index (χ3v) is 4.11. The van der Waals surface area contributed by atoms with Gasteiger partial charge in [-0.05, 0) is 43.3 Å². The maximum atomic E-state index is 4.11. The molecule has 2 rings (SSSR count). The van der Waals surface area contributed by atoms with E-state index < -0.39 is 0 Å². The molecule has 0 aliphatic heterocycles. The Labute approximate surface area is 108 Å². The summed E-state index contributed by atoms with van der Waals surface area (Å²) < 4.78 is 1.92. The number of nitrogens with one attached hydrogen (secondary N) is 1. The van der Waals surface area contributed by atoms with Gasteiger partial charge in [0.1, 0.15) is 16.7 Å². The maximum Gasteiger partial charge on any atom is 0.130 e. The molecule has 1 N–H and O–H groups in total. The van der Waals surface area contributed by atoms with Gasteiger partial charge in [-0.15, -0.1) is 11.3 Å². The molecule has 0 bridgehead atoms. The van der Waals surface area contributed by atoms with Crippen molar-refractivity contribution in [3.63, 3.8) is 0 Å². The van der Waals surface area contributed by atoms with Crippen molar-refractivity contribution in [2.24, 2.45) is 0 Å². The van der Waals surface area contributed by atoms with Gasteiger partial charge >= 0.3 is 0 Å². The molecule has 0 fully saturated rings. The van der Waals surface area contributed by atoms with E-state index in [4.69, 9.17) is 0 Å². The quantitative estimate of drug-likeness (QED) is 0.860. The Bertz CT molecular complexity index is 458. The van der Waals surface area contributed by atoms with Gasteiger partial charge in [-0.2, -0.15) is 0 Å². The first-order valence-corrected chi connectivity index (χ1v) is 6.65. The van der Waals surface area contributed by atoms with Crippen molar-refractivity contribution in [2.45, 2.75) is 6.54 Å². The van der Waals surface area contributed by atoms with Gasteiger partial charge in [-0.25, -0.2) is 9.97 Å². The molecule has 0 aromatic carbocycles. The van der Waals surface area contributed by atoms with Crippen molar-refractivity contribution in [3.8, 4) is 0 Å². The molecular weight excluding hydrogens is 342 g/mol. The number of thiophene rings is 1. The summed E-state index contributed by atoms with van der Waals surface area (Å²) in [5.74, 6) is 0.817. The molecule has 15 heavy (non-hydrogen) atoms. The van der Waals surface area contributed by atoms with Crippen LogP contribution in [0.25, 0.3) is 0 Å². The van der Waals surface area contributed by atoms with Gasteiger partial charge < -0.3 is 5.32 Å². The van der Waals surface area contributed by atoms with E-state index in [1.54, 1.807) is 11.3 Å². The van der Waals surface area contributed by atoms with Gasteiger partial charge in [-0.3, -0.25) is 0 Å². The van der Waals surface area contributed by atoms with Crippen LogP contribution in [-0.4, -0.2) is 9.97 Å². The molecule has 0 atom stereocenters. The van der Waals surface area contributed by atoms with Crippen LogP contribution < -0.4 is 5.32 Å². The summed E-state index contributed by atoms with van der Waals surface area (Å²) in [5.41, 5.74) is 0. The van der Waals surface area contributed by atoms with Gasteiger partial charge in [-0.1, -0.05) is 0 Å². The Morgan fingerprint density at radius 2 is 2.20 bits per heavy atom. The standard InChI is InChI=1S/C9H7Br2N3S/c10-6-1-2-15-7(6)4-12-9-3-8(11)13-5-14-9/h1-3,5H,4H2,(H,12,13,14). The first-order valence-electron chi connectivity index (χ1n) is 4.19. The lowest BCUT2D eigenvalue weighted by molar-refractivity contribution is 1.08. The number of nitrogens with zero attached hydrogens (tertiary/aromatic N) is 2. The first kappa shape index (κ1) is 11.0. The van der Waals surface area contributed by atoms with Crippen LogP contribution in [0.5, 0.6) is 0 Å². The monoisotopic (exact) mass is 347 g/mol. The third kappa shape index (κ3) is 2.99. The van der Waals surface area contributed by atoms with Crippen molar-refractivity contribution in [2.75, 3.05) is 5.32 Å². The fraction of sp³-hybridized carbons (Fsp3) is 0.111. The lowest BCUT2D eigenvalue weighted by Gasteiger charge is -2.03. The van der Waals surface area contributed by atoms with E-state index in [0.717, 1.165) is 21.4 Å². The van der Waals surface area contributed by atoms with Gasteiger partial charge in [0.2, 0.25) is 0 Å². The molecule has 2 heterocycles. The summed E-state index contributed by atoms with van der Waals surface area (Å²) in [6, 6.07) is 3.89. The Balaban J connectivity index is 2.02. The third-order valence-electron chi connectivity index (χ3n) is 1.75. The smallest absolute Gasteiger partial charge is 0.130 e.